The van der Waals surface area contributed by atoms with Crippen LogP contribution in [0.25, 0.3) is 0 Å². The highest BCUT2D eigenvalue weighted by Gasteiger charge is 2.23. The first-order chi connectivity index (χ1) is 8.62. The minimum Gasteiger partial charge on any atom is -0.493 e. The van der Waals surface area contributed by atoms with E-state index >= 15 is 0 Å². The summed E-state index contributed by atoms with van der Waals surface area (Å²) in [5.41, 5.74) is 2.31. The molecular weight excluding hydrogens is 250 g/mol. The van der Waals surface area contributed by atoms with Gasteiger partial charge in [0.25, 0.3) is 0 Å². The second kappa shape index (κ2) is 4.46. The predicted octanol–water partition coefficient (Wildman–Crippen LogP) is 1.61. The Morgan fingerprint density at radius 1 is 1.22 bits per heavy atom. The van der Waals surface area contributed by atoms with E-state index in [1.54, 1.807) is 0 Å². The molecule has 0 spiro atoms. The Morgan fingerprint density at radius 2 is 2.00 bits per heavy atom. The Bertz CT molecular complexity index is 539. The van der Waals surface area contributed by atoms with Crippen molar-refractivity contribution >= 4 is 15.5 Å². The Hall–Kier alpha value is -1.23. The zero-order chi connectivity index (χ0) is 12.6. The number of hydrogen-bond acceptors (Lipinski definition) is 4. The lowest BCUT2D eigenvalue weighted by Crippen LogP contribution is -2.32. The van der Waals surface area contributed by atoms with Gasteiger partial charge in [-0.15, -0.1) is 0 Å². The van der Waals surface area contributed by atoms with Crippen molar-refractivity contribution < 1.29 is 13.2 Å². The predicted molar refractivity (Wildman–Crippen MR) is 70.9 cm³/mol. The number of ether oxygens (including phenoxy) is 1. The van der Waals surface area contributed by atoms with Crippen molar-refractivity contribution in [2.24, 2.45) is 0 Å². The summed E-state index contributed by atoms with van der Waals surface area (Å²) in [6.07, 6.45) is 2.37. The molecule has 1 aromatic rings. The molecule has 1 fully saturated rings. The van der Waals surface area contributed by atoms with E-state index in [4.69, 9.17) is 4.74 Å². The van der Waals surface area contributed by atoms with Gasteiger partial charge in [0, 0.05) is 18.2 Å². The highest BCUT2D eigenvalue weighted by Crippen LogP contribution is 2.28. The van der Waals surface area contributed by atoms with Gasteiger partial charge in [-0.05, 0) is 36.6 Å². The average molecular weight is 267 g/mol. The largest absolute Gasteiger partial charge is 0.493 e. The number of nitrogens with one attached hydrogen (secondary N) is 1. The third-order valence-electron chi connectivity index (χ3n) is 3.61. The molecule has 18 heavy (non-hydrogen) atoms. The van der Waals surface area contributed by atoms with Crippen molar-refractivity contribution in [2.75, 3.05) is 23.4 Å². The van der Waals surface area contributed by atoms with E-state index in [1.807, 2.05) is 12.1 Å². The maximum atomic E-state index is 11.4. The molecule has 4 nitrogen and oxygen atoms in total. The quantitative estimate of drug-likeness (QED) is 0.884. The third-order valence-corrected chi connectivity index (χ3v) is 5.33. The maximum Gasteiger partial charge on any atom is 0.150 e. The van der Waals surface area contributed by atoms with Crippen LogP contribution in [0.15, 0.2) is 18.2 Å². The van der Waals surface area contributed by atoms with E-state index in [0.717, 1.165) is 24.5 Å². The molecule has 1 N–H and O–H groups in total. The van der Waals surface area contributed by atoms with Crippen molar-refractivity contribution in [1.82, 2.24) is 0 Å². The van der Waals surface area contributed by atoms with Crippen LogP contribution < -0.4 is 10.1 Å². The van der Waals surface area contributed by atoms with Crippen LogP contribution in [0.1, 0.15) is 18.4 Å². The smallest absolute Gasteiger partial charge is 0.150 e. The molecule has 2 aliphatic rings. The first kappa shape index (κ1) is 11.8. The summed E-state index contributed by atoms with van der Waals surface area (Å²) in [5, 5.41) is 3.43. The van der Waals surface area contributed by atoms with Gasteiger partial charge in [-0.3, -0.25) is 0 Å². The SMILES string of the molecule is O=S1(=O)CCC(Nc2ccc3c(c2)CCO3)CC1. The molecule has 1 aromatic carbocycles. The molecule has 0 saturated carbocycles. The summed E-state index contributed by atoms with van der Waals surface area (Å²) in [4.78, 5) is 0. The molecule has 0 amide bonds. The van der Waals surface area contributed by atoms with Crippen LogP contribution in [0, 0.1) is 0 Å². The van der Waals surface area contributed by atoms with Crippen LogP contribution in [0.2, 0.25) is 0 Å². The van der Waals surface area contributed by atoms with E-state index in [-0.39, 0.29) is 6.04 Å². The Labute approximate surface area is 107 Å². The molecule has 0 atom stereocenters. The van der Waals surface area contributed by atoms with Crippen molar-refractivity contribution in [1.29, 1.82) is 0 Å². The number of sulfone groups is 1. The van der Waals surface area contributed by atoms with Gasteiger partial charge in [0.2, 0.25) is 0 Å². The highest BCUT2D eigenvalue weighted by molar-refractivity contribution is 7.91. The molecule has 0 unspecified atom stereocenters. The van der Waals surface area contributed by atoms with Crippen LogP contribution in [0.3, 0.4) is 0 Å². The summed E-state index contributed by atoms with van der Waals surface area (Å²) in [7, 11) is -2.78. The summed E-state index contributed by atoms with van der Waals surface area (Å²) in [6.45, 7) is 0.764. The van der Waals surface area contributed by atoms with Crippen LogP contribution >= 0.6 is 0 Å². The molecule has 98 valence electrons. The van der Waals surface area contributed by atoms with Crippen LogP contribution in [-0.4, -0.2) is 32.6 Å². The average Bonchev–Trinajstić information content (AvgIpc) is 2.79. The number of fused-ring (bicyclic) bond motifs is 1. The van der Waals surface area contributed by atoms with Gasteiger partial charge < -0.3 is 10.1 Å². The molecule has 5 heteroatoms. The number of rotatable bonds is 2. The van der Waals surface area contributed by atoms with E-state index in [9.17, 15) is 8.42 Å². The Kier molecular flexibility index (Phi) is 2.93. The van der Waals surface area contributed by atoms with Crippen LogP contribution in [-0.2, 0) is 16.3 Å². The Morgan fingerprint density at radius 3 is 2.78 bits per heavy atom. The van der Waals surface area contributed by atoms with Gasteiger partial charge in [-0.1, -0.05) is 0 Å². The lowest BCUT2D eigenvalue weighted by Gasteiger charge is -2.24. The molecular formula is C13H17NO3S. The van der Waals surface area contributed by atoms with Crippen LogP contribution in [0.5, 0.6) is 5.75 Å². The maximum absolute atomic E-state index is 11.4. The van der Waals surface area contributed by atoms with E-state index in [1.165, 1.54) is 5.56 Å². The second-order valence-electron chi connectivity index (χ2n) is 4.99. The van der Waals surface area contributed by atoms with Gasteiger partial charge in [0.05, 0.1) is 18.1 Å². The molecule has 3 rings (SSSR count). The number of hydrogen-bond donors (Lipinski definition) is 1. The first-order valence-corrected chi connectivity index (χ1v) is 8.17. The van der Waals surface area contributed by atoms with Gasteiger partial charge in [0.15, 0.2) is 0 Å². The molecule has 2 aliphatic heterocycles. The summed E-state index contributed by atoms with van der Waals surface area (Å²) >= 11 is 0. The summed E-state index contributed by atoms with van der Waals surface area (Å²) in [5.74, 6) is 1.59. The zero-order valence-electron chi connectivity index (χ0n) is 10.2. The molecule has 2 heterocycles. The van der Waals surface area contributed by atoms with E-state index in [0.29, 0.717) is 24.3 Å². The van der Waals surface area contributed by atoms with Crippen LogP contribution in [0.4, 0.5) is 5.69 Å². The highest BCUT2D eigenvalue weighted by atomic mass is 32.2. The summed E-state index contributed by atoms with van der Waals surface area (Å²) < 4.78 is 28.2. The van der Waals surface area contributed by atoms with E-state index < -0.39 is 9.84 Å². The fourth-order valence-corrected chi connectivity index (χ4v) is 4.04. The van der Waals surface area contributed by atoms with Crippen molar-refractivity contribution in [3.8, 4) is 5.75 Å². The minimum atomic E-state index is -2.78. The molecule has 0 aliphatic carbocycles. The normalized spacial score (nSPS) is 22.2. The topological polar surface area (TPSA) is 55.4 Å². The summed E-state index contributed by atoms with van der Waals surface area (Å²) in [6, 6.07) is 6.39. The fraction of sp³-hybridized carbons (Fsp3) is 0.538. The number of anilines is 1. The zero-order valence-corrected chi connectivity index (χ0v) is 11.0. The van der Waals surface area contributed by atoms with Crippen molar-refractivity contribution in [3.05, 3.63) is 23.8 Å². The van der Waals surface area contributed by atoms with Gasteiger partial charge in [0.1, 0.15) is 15.6 Å². The van der Waals surface area contributed by atoms with Crippen molar-refractivity contribution in [3.63, 3.8) is 0 Å². The standard InChI is InChI=1S/C13H17NO3S/c15-18(16)7-4-11(5-8-18)14-12-1-2-13-10(9-12)3-6-17-13/h1-2,9,11,14H,3-8H2. The van der Waals surface area contributed by atoms with Gasteiger partial charge >= 0.3 is 0 Å². The first-order valence-electron chi connectivity index (χ1n) is 6.35. The second-order valence-corrected chi connectivity index (χ2v) is 7.30. The molecule has 1 saturated heterocycles. The lowest BCUT2D eigenvalue weighted by atomic mass is 10.1. The fourth-order valence-electron chi connectivity index (χ4n) is 2.55. The molecule has 0 bridgehead atoms. The Balaban J connectivity index is 1.67. The van der Waals surface area contributed by atoms with E-state index in [2.05, 4.69) is 11.4 Å². The van der Waals surface area contributed by atoms with Gasteiger partial charge in [-0.25, -0.2) is 8.42 Å². The van der Waals surface area contributed by atoms with Crippen molar-refractivity contribution in [2.45, 2.75) is 25.3 Å². The molecule has 0 radical (unpaired) electrons. The van der Waals surface area contributed by atoms with Gasteiger partial charge in [-0.2, -0.15) is 0 Å². The molecule has 0 aromatic heterocycles. The minimum absolute atomic E-state index is 0.272. The lowest BCUT2D eigenvalue weighted by molar-refractivity contribution is 0.357. The monoisotopic (exact) mass is 267 g/mol. The third kappa shape index (κ3) is 2.46. The number of benzene rings is 1.